The van der Waals surface area contributed by atoms with E-state index in [2.05, 4.69) is 10.2 Å². The Bertz CT molecular complexity index is 837. The summed E-state index contributed by atoms with van der Waals surface area (Å²) in [4.78, 5) is 28.3. The molecule has 1 saturated heterocycles. The molecule has 1 aliphatic heterocycles. The first kappa shape index (κ1) is 19.8. The Balaban J connectivity index is 1.72. The van der Waals surface area contributed by atoms with Crippen LogP contribution in [0.1, 0.15) is 12.5 Å². The van der Waals surface area contributed by atoms with Gasteiger partial charge in [-0.05, 0) is 18.2 Å². The lowest BCUT2D eigenvalue weighted by Crippen LogP contribution is -2.42. The number of halogens is 1. The van der Waals surface area contributed by atoms with Gasteiger partial charge in [0, 0.05) is 32.1 Å². The first-order chi connectivity index (χ1) is 13.6. The zero-order chi connectivity index (χ0) is 19.9. The van der Waals surface area contributed by atoms with Gasteiger partial charge in [-0.2, -0.15) is 0 Å². The molecule has 0 atom stereocenters. The normalized spacial score (nSPS) is 13.9. The number of hydrogen-bond acceptors (Lipinski definition) is 4. The molecule has 7 heteroatoms. The van der Waals surface area contributed by atoms with Crippen molar-refractivity contribution in [3.63, 3.8) is 0 Å². The molecular formula is C21H24FN3O3. The maximum Gasteiger partial charge on any atom is 0.240 e. The van der Waals surface area contributed by atoms with Crippen molar-refractivity contribution in [2.75, 3.05) is 42.6 Å². The zero-order valence-electron chi connectivity index (χ0n) is 15.9. The van der Waals surface area contributed by atoms with Gasteiger partial charge in [-0.3, -0.25) is 9.59 Å². The van der Waals surface area contributed by atoms with E-state index in [9.17, 15) is 14.0 Å². The standard InChI is InChI=1S/C21H24FN3O3/c1-16(26)25(15-21(27)23-14-17-6-2-3-7-18(17)22)20-9-5-4-8-19(20)24-10-12-28-13-11-24/h2-9H,10-15H2,1H3,(H,23,27). The number of carbonyl (C=O) groups is 2. The number of nitrogens with zero attached hydrogens (tertiary/aromatic N) is 2. The van der Waals surface area contributed by atoms with Crippen LogP contribution in [0.5, 0.6) is 0 Å². The summed E-state index contributed by atoms with van der Waals surface area (Å²) in [5, 5.41) is 2.69. The second kappa shape index (κ2) is 9.32. The fraction of sp³-hybridized carbons (Fsp3) is 0.333. The minimum atomic E-state index is -0.371. The zero-order valence-corrected chi connectivity index (χ0v) is 15.9. The van der Waals surface area contributed by atoms with E-state index < -0.39 is 0 Å². The van der Waals surface area contributed by atoms with Gasteiger partial charge >= 0.3 is 0 Å². The van der Waals surface area contributed by atoms with Gasteiger partial charge in [-0.15, -0.1) is 0 Å². The minimum Gasteiger partial charge on any atom is -0.378 e. The lowest BCUT2D eigenvalue weighted by Gasteiger charge is -2.33. The minimum absolute atomic E-state index is 0.0718. The van der Waals surface area contributed by atoms with E-state index in [1.54, 1.807) is 18.2 Å². The molecule has 0 saturated carbocycles. The summed E-state index contributed by atoms with van der Waals surface area (Å²) in [5.41, 5.74) is 1.97. The maximum atomic E-state index is 13.7. The predicted octanol–water partition coefficient (Wildman–Crippen LogP) is 2.33. The van der Waals surface area contributed by atoms with Crippen LogP contribution in [0.15, 0.2) is 48.5 Å². The van der Waals surface area contributed by atoms with Crippen molar-refractivity contribution in [1.29, 1.82) is 0 Å². The molecule has 6 nitrogen and oxygen atoms in total. The molecule has 28 heavy (non-hydrogen) atoms. The number of morpholine rings is 1. The first-order valence-electron chi connectivity index (χ1n) is 9.26. The van der Waals surface area contributed by atoms with E-state index in [0.29, 0.717) is 24.5 Å². The van der Waals surface area contributed by atoms with Gasteiger partial charge in [0.25, 0.3) is 0 Å². The van der Waals surface area contributed by atoms with Crippen molar-refractivity contribution >= 4 is 23.2 Å². The van der Waals surface area contributed by atoms with Crippen LogP contribution in [0.3, 0.4) is 0 Å². The maximum absolute atomic E-state index is 13.7. The average Bonchev–Trinajstić information content (AvgIpc) is 2.72. The van der Waals surface area contributed by atoms with Crippen molar-refractivity contribution in [2.24, 2.45) is 0 Å². The summed E-state index contributed by atoms with van der Waals surface area (Å²) in [6.07, 6.45) is 0. The SMILES string of the molecule is CC(=O)N(CC(=O)NCc1ccccc1F)c1ccccc1N1CCOCC1. The molecule has 0 aliphatic carbocycles. The smallest absolute Gasteiger partial charge is 0.240 e. The molecule has 0 spiro atoms. The summed E-state index contributed by atoms with van der Waals surface area (Å²) in [6.45, 7) is 4.06. The van der Waals surface area contributed by atoms with Gasteiger partial charge in [0.15, 0.2) is 0 Å². The van der Waals surface area contributed by atoms with Crippen LogP contribution in [0.2, 0.25) is 0 Å². The molecule has 2 amide bonds. The number of carbonyl (C=O) groups excluding carboxylic acids is 2. The topological polar surface area (TPSA) is 61.9 Å². The van der Waals surface area contributed by atoms with Crippen molar-refractivity contribution in [3.8, 4) is 0 Å². The van der Waals surface area contributed by atoms with Crippen molar-refractivity contribution in [1.82, 2.24) is 5.32 Å². The third-order valence-corrected chi connectivity index (χ3v) is 4.64. The van der Waals surface area contributed by atoms with E-state index in [0.717, 1.165) is 18.8 Å². The van der Waals surface area contributed by atoms with Crippen molar-refractivity contribution in [3.05, 3.63) is 59.9 Å². The fourth-order valence-electron chi connectivity index (χ4n) is 3.17. The largest absolute Gasteiger partial charge is 0.378 e. The third kappa shape index (κ3) is 4.86. The van der Waals surface area contributed by atoms with Crippen LogP contribution < -0.4 is 15.1 Å². The number of amides is 2. The highest BCUT2D eigenvalue weighted by Gasteiger charge is 2.22. The third-order valence-electron chi connectivity index (χ3n) is 4.64. The number of rotatable bonds is 6. The lowest BCUT2D eigenvalue weighted by atomic mass is 10.2. The number of benzene rings is 2. The summed E-state index contributed by atoms with van der Waals surface area (Å²) in [7, 11) is 0. The van der Waals surface area contributed by atoms with E-state index >= 15 is 0 Å². The van der Waals surface area contributed by atoms with Crippen LogP contribution in [0.25, 0.3) is 0 Å². The molecule has 148 valence electrons. The molecule has 1 aliphatic rings. The van der Waals surface area contributed by atoms with Gasteiger partial charge in [0.1, 0.15) is 12.4 Å². The summed E-state index contributed by atoms with van der Waals surface area (Å²) in [6, 6.07) is 13.8. The molecule has 1 fully saturated rings. The van der Waals surface area contributed by atoms with Crippen LogP contribution in [0, 0.1) is 5.82 Å². The number of ether oxygens (including phenoxy) is 1. The Labute approximate surface area is 163 Å². The molecule has 2 aromatic carbocycles. The molecule has 3 rings (SSSR count). The van der Waals surface area contributed by atoms with E-state index in [-0.39, 0.29) is 30.7 Å². The number of nitrogens with one attached hydrogen (secondary N) is 1. The Morgan fingerprint density at radius 3 is 2.50 bits per heavy atom. The van der Waals surface area contributed by atoms with Crippen molar-refractivity contribution < 1.29 is 18.7 Å². The van der Waals surface area contributed by atoms with Gasteiger partial charge < -0.3 is 19.9 Å². The Morgan fingerprint density at radius 1 is 1.11 bits per heavy atom. The Kier molecular flexibility index (Phi) is 6.60. The molecule has 1 heterocycles. The van der Waals surface area contributed by atoms with E-state index in [4.69, 9.17) is 4.74 Å². The molecule has 0 bridgehead atoms. The quantitative estimate of drug-likeness (QED) is 0.829. The van der Waals surface area contributed by atoms with Gasteiger partial charge in [-0.25, -0.2) is 4.39 Å². The molecule has 0 unspecified atom stereocenters. The average molecular weight is 385 g/mol. The molecular weight excluding hydrogens is 361 g/mol. The summed E-state index contributed by atoms with van der Waals surface area (Å²) in [5.74, 6) is -0.958. The Morgan fingerprint density at radius 2 is 1.79 bits per heavy atom. The summed E-state index contributed by atoms with van der Waals surface area (Å²) < 4.78 is 19.1. The van der Waals surface area contributed by atoms with Gasteiger partial charge in [-0.1, -0.05) is 30.3 Å². The monoisotopic (exact) mass is 385 g/mol. The Hall–Kier alpha value is -2.93. The second-order valence-corrected chi connectivity index (χ2v) is 6.56. The van der Waals surface area contributed by atoms with Crippen LogP contribution in [0.4, 0.5) is 15.8 Å². The van der Waals surface area contributed by atoms with Crippen LogP contribution >= 0.6 is 0 Å². The van der Waals surface area contributed by atoms with Crippen molar-refractivity contribution in [2.45, 2.75) is 13.5 Å². The molecule has 1 N–H and O–H groups in total. The van der Waals surface area contributed by atoms with Crippen LogP contribution in [-0.2, 0) is 20.9 Å². The molecule has 0 aromatic heterocycles. The second-order valence-electron chi connectivity index (χ2n) is 6.56. The molecule has 0 radical (unpaired) electrons. The van der Waals surface area contributed by atoms with Crippen LogP contribution in [-0.4, -0.2) is 44.7 Å². The number of anilines is 2. The number of hydrogen-bond donors (Lipinski definition) is 1. The summed E-state index contributed by atoms with van der Waals surface area (Å²) >= 11 is 0. The van der Waals surface area contributed by atoms with Gasteiger partial charge in [0.2, 0.25) is 11.8 Å². The first-order valence-corrected chi connectivity index (χ1v) is 9.26. The highest BCUT2D eigenvalue weighted by atomic mass is 19.1. The van der Waals surface area contributed by atoms with E-state index in [1.807, 2.05) is 24.3 Å². The number of para-hydroxylation sites is 2. The fourth-order valence-corrected chi connectivity index (χ4v) is 3.17. The lowest BCUT2D eigenvalue weighted by molar-refractivity contribution is -0.123. The highest BCUT2D eigenvalue weighted by Crippen LogP contribution is 2.30. The highest BCUT2D eigenvalue weighted by molar-refractivity contribution is 6.00. The predicted molar refractivity (Wildman–Crippen MR) is 106 cm³/mol. The van der Waals surface area contributed by atoms with E-state index in [1.165, 1.54) is 17.9 Å². The molecule has 2 aromatic rings. The van der Waals surface area contributed by atoms with Gasteiger partial charge in [0.05, 0.1) is 24.6 Å².